The van der Waals surface area contributed by atoms with Crippen LogP contribution < -0.4 is 0 Å². The number of Topliss-reactive ketones (excluding diaryl/α,β-unsaturated/α-hetero) is 1. The Morgan fingerprint density at radius 2 is 1.73 bits per heavy atom. The van der Waals surface area contributed by atoms with E-state index in [1.54, 1.807) is 0 Å². The van der Waals surface area contributed by atoms with Crippen LogP contribution >= 0.6 is 0 Å². The molecule has 1 aromatic rings. The van der Waals surface area contributed by atoms with Gasteiger partial charge in [0.15, 0.2) is 17.3 Å². The Hall–Kier alpha value is -1.72. The Morgan fingerprint density at radius 1 is 1.20 bits per heavy atom. The van der Waals surface area contributed by atoms with Gasteiger partial charge in [0.05, 0.1) is 5.56 Å². The van der Waals surface area contributed by atoms with E-state index in [2.05, 4.69) is 0 Å². The fourth-order valence-corrected chi connectivity index (χ4v) is 1.09. The van der Waals surface area contributed by atoms with Crippen molar-refractivity contribution in [1.29, 1.82) is 0 Å². The van der Waals surface area contributed by atoms with Crippen LogP contribution in [0.25, 0.3) is 0 Å². The molecule has 0 aliphatic rings. The summed E-state index contributed by atoms with van der Waals surface area (Å²) in [7, 11) is 0. The zero-order chi connectivity index (χ0) is 11.8. The average molecular weight is 220 g/mol. The van der Waals surface area contributed by atoms with Crippen molar-refractivity contribution in [3.8, 4) is 11.5 Å². The van der Waals surface area contributed by atoms with Crippen molar-refractivity contribution in [2.45, 2.75) is 13.1 Å². The van der Waals surface area contributed by atoms with Crippen LogP contribution in [0.15, 0.2) is 12.1 Å². The van der Waals surface area contributed by atoms with Gasteiger partial charge in [-0.3, -0.25) is 4.79 Å². The number of aromatic hydroxyl groups is 2. The van der Waals surface area contributed by atoms with E-state index in [4.69, 9.17) is 10.2 Å². The van der Waals surface area contributed by atoms with Gasteiger partial charge in [-0.2, -0.15) is 13.2 Å². The summed E-state index contributed by atoms with van der Waals surface area (Å²) in [6.45, 7) is 1.07. The van der Waals surface area contributed by atoms with Crippen LogP contribution in [0, 0.1) is 0 Å². The molecule has 1 rings (SSSR count). The molecule has 0 aliphatic carbocycles. The van der Waals surface area contributed by atoms with Crippen LogP contribution in [0.4, 0.5) is 13.2 Å². The van der Waals surface area contributed by atoms with Crippen LogP contribution in [0.1, 0.15) is 22.8 Å². The van der Waals surface area contributed by atoms with Crippen molar-refractivity contribution in [2.24, 2.45) is 0 Å². The largest absolute Gasteiger partial charge is 0.504 e. The van der Waals surface area contributed by atoms with E-state index < -0.39 is 29.0 Å². The van der Waals surface area contributed by atoms with Crippen molar-refractivity contribution in [1.82, 2.24) is 0 Å². The number of benzene rings is 1. The van der Waals surface area contributed by atoms with E-state index in [0.29, 0.717) is 6.07 Å². The van der Waals surface area contributed by atoms with Crippen LogP contribution in [0.2, 0.25) is 0 Å². The van der Waals surface area contributed by atoms with Gasteiger partial charge >= 0.3 is 6.18 Å². The minimum Gasteiger partial charge on any atom is -0.504 e. The molecule has 2 N–H and O–H groups in total. The molecule has 0 atom stereocenters. The van der Waals surface area contributed by atoms with E-state index in [1.165, 1.54) is 0 Å². The third kappa shape index (κ3) is 2.03. The van der Waals surface area contributed by atoms with Crippen molar-refractivity contribution in [2.75, 3.05) is 0 Å². The molecular weight excluding hydrogens is 213 g/mol. The smallest absolute Gasteiger partial charge is 0.420 e. The molecule has 0 aromatic heterocycles. The Bertz CT molecular complexity index is 410. The topological polar surface area (TPSA) is 57.5 Å². The predicted molar refractivity (Wildman–Crippen MR) is 44.8 cm³/mol. The number of hydrogen-bond donors (Lipinski definition) is 2. The summed E-state index contributed by atoms with van der Waals surface area (Å²) < 4.78 is 36.6. The van der Waals surface area contributed by atoms with Crippen LogP contribution in [-0.2, 0) is 6.18 Å². The van der Waals surface area contributed by atoms with Gasteiger partial charge in [0.2, 0.25) is 0 Å². The molecule has 0 radical (unpaired) electrons. The van der Waals surface area contributed by atoms with Crippen molar-refractivity contribution in [3.05, 3.63) is 23.3 Å². The van der Waals surface area contributed by atoms with E-state index >= 15 is 0 Å². The maximum absolute atomic E-state index is 12.2. The first-order valence-electron chi connectivity index (χ1n) is 3.88. The standard InChI is InChI=1S/C9H7F3O3/c1-4(13)5-2-3-6(9(10,11)12)8(15)7(5)14/h2-3,14-15H,1H3. The lowest BCUT2D eigenvalue weighted by Gasteiger charge is -2.11. The third-order valence-electron chi connectivity index (χ3n) is 1.84. The van der Waals surface area contributed by atoms with Gasteiger partial charge in [-0.15, -0.1) is 0 Å². The number of halogens is 3. The Kier molecular flexibility index (Phi) is 2.61. The number of carbonyl (C=O) groups is 1. The highest BCUT2D eigenvalue weighted by atomic mass is 19.4. The average Bonchev–Trinajstić information content (AvgIpc) is 2.06. The second-order valence-corrected chi connectivity index (χ2v) is 2.91. The lowest BCUT2D eigenvalue weighted by Crippen LogP contribution is -2.06. The minimum atomic E-state index is -4.77. The molecule has 0 fully saturated rings. The Morgan fingerprint density at radius 3 is 2.13 bits per heavy atom. The van der Waals surface area contributed by atoms with E-state index in [0.717, 1.165) is 13.0 Å². The van der Waals surface area contributed by atoms with Gasteiger partial charge in [-0.25, -0.2) is 0 Å². The highest BCUT2D eigenvalue weighted by Gasteiger charge is 2.35. The summed E-state index contributed by atoms with van der Waals surface area (Å²) in [5.41, 5.74) is -1.72. The van der Waals surface area contributed by atoms with Gasteiger partial charge < -0.3 is 10.2 Å². The van der Waals surface area contributed by atoms with Crippen LogP contribution in [0.3, 0.4) is 0 Å². The van der Waals surface area contributed by atoms with Gasteiger partial charge in [0.25, 0.3) is 0 Å². The third-order valence-corrected chi connectivity index (χ3v) is 1.84. The number of carbonyl (C=O) groups excluding carboxylic acids is 1. The minimum absolute atomic E-state index is 0.347. The number of rotatable bonds is 1. The number of phenolic OH excluding ortho intramolecular Hbond substituents is 2. The first-order valence-corrected chi connectivity index (χ1v) is 3.88. The summed E-state index contributed by atoms with van der Waals surface area (Å²) in [4.78, 5) is 10.8. The molecule has 82 valence electrons. The molecule has 6 heteroatoms. The number of hydrogen-bond acceptors (Lipinski definition) is 3. The molecule has 1 aromatic carbocycles. The summed E-state index contributed by atoms with van der Waals surface area (Å²) in [6.07, 6.45) is -4.77. The fourth-order valence-electron chi connectivity index (χ4n) is 1.09. The molecule has 3 nitrogen and oxygen atoms in total. The highest BCUT2D eigenvalue weighted by molar-refractivity contribution is 5.97. The molecule has 0 saturated carbocycles. The number of ketones is 1. The molecule has 0 amide bonds. The molecule has 0 unspecified atom stereocenters. The second-order valence-electron chi connectivity index (χ2n) is 2.91. The Balaban J connectivity index is 3.41. The maximum atomic E-state index is 12.2. The van der Waals surface area contributed by atoms with Gasteiger partial charge in [-0.1, -0.05) is 0 Å². The van der Waals surface area contributed by atoms with Crippen molar-refractivity contribution >= 4 is 5.78 Å². The number of alkyl halides is 3. The summed E-state index contributed by atoms with van der Waals surface area (Å²) in [5.74, 6) is -3.00. The molecule has 0 spiro atoms. The highest BCUT2D eigenvalue weighted by Crippen LogP contribution is 2.41. The zero-order valence-corrected chi connectivity index (χ0v) is 7.59. The lowest BCUT2D eigenvalue weighted by atomic mass is 10.1. The fraction of sp³-hybridized carbons (Fsp3) is 0.222. The number of phenols is 2. The van der Waals surface area contributed by atoms with E-state index in [9.17, 15) is 18.0 Å². The van der Waals surface area contributed by atoms with Crippen molar-refractivity contribution < 1.29 is 28.2 Å². The molecule has 0 bridgehead atoms. The normalized spacial score (nSPS) is 11.5. The first kappa shape index (κ1) is 11.4. The lowest BCUT2D eigenvalue weighted by molar-refractivity contribution is -0.138. The molecule has 15 heavy (non-hydrogen) atoms. The van der Waals surface area contributed by atoms with Crippen LogP contribution in [-0.4, -0.2) is 16.0 Å². The maximum Gasteiger partial charge on any atom is 0.420 e. The monoisotopic (exact) mass is 220 g/mol. The van der Waals surface area contributed by atoms with E-state index in [-0.39, 0.29) is 5.56 Å². The summed E-state index contributed by atoms with van der Waals surface area (Å²) in [6, 6.07) is 1.37. The van der Waals surface area contributed by atoms with Gasteiger partial charge in [0.1, 0.15) is 5.56 Å². The van der Waals surface area contributed by atoms with Gasteiger partial charge in [-0.05, 0) is 19.1 Å². The van der Waals surface area contributed by atoms with Gasteiger partial charge in [0, 0.05) is 0 Å². The molecule has 0 saturated heterocycles. The predicted octanol–water partition coefficient (Wildman–Crippen LogP) is 2.32. The Labute approximate surface area is 82.8 Å². The summed E-state index contributed by atoms with van der Waals surface area (Å²) in [5, 5.41) is 18.2. The van der Waals surface area contributed by atoms with E-state index in [1.807, 2.05) is 0 Å². The molecule has 0 heterocycles. The summed E-state index contributed by atoms with van der Waals surface area (Å²) >= 11 is 0. The first-order chi connectivity index (χ1) is 6.75. The van der Waals surface area contributed by atoms with Crippen molar-refractivity contribution in [3.63, 3.8) is 0 Å². The van der Waals surface area contributed by atoms with Crippen LogP contribution in [0.5, 0.6) is 11.5 Å². The quantitative estimate of drug-likeness (QED) is 0.564. The SMILES string of the molecule is CC(=O)c1ccc(C(F)(F)F)c(O)c1O. The zero-order valence-electron chi connectivity index (χ0n) is 7.59. The second kappa shape index (κ2) is 3.45. The molecular formula is C9H7F3O3. The molecule has 0 aliphatic heterocycles.